The highest BCUT2D eigenvalue weighted by atomic mass is 16.2. The number of H-pyrrole nitrogens is 2. The number of nitrogens with one attached hydrogen (secondary N) is 4. The van der Waals surface area contributed by atoms with Gasteiger partial charge in [-0.1, -0.05) is 0 Å². The Kier molecular flexibility index (Phi) is 2.75. The number of imidazole rings is 1. The Morgan fingerprint density at radius 3 is 3.19 bits per heavy atom. The zero-order valence-corrected chi connectivity index (χ0v) is 11.3. The van der Waals surface area contributed by atoms with E-state index in [2.05, 4.69) is 25.6 Å². The first-order valence-corrected chi connectivity index (χ1v) is 6.92. The largest absolute Gasteiger partial charge is 0.361 e. The summed E-state index contributed by atoms with van der Waals surface area (Å²) >= 11 is 0. The topological polar surface area (TPSA) is 85.6 Å². The van der Waals surface area contributed by atoms with Crippen molar-refractivity contribution < 1.29 is 4.79 Å². The van der Waals surface area contributed by atoms with E-state index in [1.54, 1.807) is 6.33 Å². The molecule has 0 fully saturated rings. The molecular weight excluding hydrogens is 266 g/mol. The molecule has 6 heteroatoms. The predicted octanol–water partition coefficient (Wildman–Crippen LogP) is 1.54. The first-order valence-electron chi connectivity index (χ1n) is 6.92. The highest BCUT2D eigenvalue weighted by Crippen LogP contribution is 2.19. The van der Waals surface area contributed by atoms with E-state index in [0.29, 0.717) is 13.0 Å². The lowest BCUT2D eigenvalue weighted by Crippen LogP contribution is -2.44. The summed E-state index contributed by atoms with van der Waals surface area (Å²) in [6.07, 6.45) is 4.17. The first-order chi connectivity index (χ1) is 10.3. The van der Waals surface area contributed by atoms with Gasteiger partial charge in [0.05, 0.1) is 23.8 Å². The third-order valence-corrected chi connectivity index (χ3v) is 3.87. The monoisotopic (exact) mass is 281 g/mol. The van der Waals surface area contributed by atoms with E-state index in [4.69, 9.17) is 0 Å². The molecule has 21 heavy (non-hydrogen) atoms. The Balaban J connectivity index is 1.50. The van der Waals surface area contributed by atoms with Crippen molar-refractivity contribution in [2.24, 2.45) is 0 Å². The zero-order valence-electron chi connectivity index (χ0n) is 11.3. The minimum atomic E-state index is -0.247. The van der Waals surface area contributed by atoms with Crippen LogP contribution in [0.15, 0.2) is 36.8 Å². The molecular formula is C15H15N5O. The second-order valence-electron chi connectivity index (χ2n) is 5.23. The van der Waals surface area contributed by atoms with E-state index in [1.165, 1.54) is 0 Å². The van der Waals surface area contributed by atoms with Crippen LogP contribution in [0.4, 0.5) is 5.69 Å². The maximum Gasteiger partial charge on any atom is 0.241 e. The van der Waals surface area contributed by atoms with E-state index >= 15 is 0 Å². The van der Waals surface area contributed by atoms with Crippen molar-refractivity contribution in [3.8, 4) is 0 Å². The number of carbonyl (C=O) groups excluding carboxylic acids is 1. The van der Waals surface area contributed by atoms with E-state index in [0.717, 1.165) is 28.0 Å². The fourth-order valence-electron chi connectivity index (χ4n) is 2.71. The molecule has 0 aliphatic carbocycles. The fourth-order valence-corrected chi connectivity index (χ4v) is 2.71. The van der Waals surface area contributed by atoms with Crippen LogP contribution in [-0.4, -0.2) is 26.9 Å². The summed E-state index contributed by atoms with van der Waals surface area (Å²) in [7, 11) is 0. The summed E-state index contributed by atoms with van der Waals surface area (Å²) < 4.78 is 0. The van der Waals surface area contributed by atoms with Gasteiger partial charge in [0, 0.05) is 35.8 Å². The van der Waals surface area contributed by atoms with Crippen LogP contribution in [0.25, 0.3) is 10.9 Å². The molecule has 4 rings (SSSR count). The van der Waals surface area contributed by atoms with Gasteiger partial charge in [-0.15, -0.1) is 0 Å². The van der Waals surface area contributed by atoms with E-state index < -0.39 is 0 Å². The van der Waals surface area contributed by atoms with Crippen LogP contribution in [0.3, 0.4) is 0 Å². The maximum atomic E-state index is 12.4. The number of aromatic amines is 2. The molecule has 0 spiro atoms. The lowest BCUT2D eigenvalue weighted by Gasteiger charge is -2.22. The molecule has 1 aliphatic heterocycles. The average molecular weight is 281 g/mol. The molecule has 2 aromatic heterocycles. The minimum absolute atomic E-state index is 0.0291. The van der Waals surface area contributed by atoms with Gasteiger partial charge in [-0.2, -0.15) is 0 Å². The SMILES string of the molecule is O=C(Nc1ccc2[nH]ccc2c1)C1Cc2nc[nH]c2CN1. The molecule has 0 saturated heterocycles. The molecule has 0 saturated carbocycles. The van der Waals surface area contributed by atoms with Gasteiger partial charge in [-0.05, 0) is 24.3 Å². The molecule has 6 nitrogen and oxygen atoms in total. The van der Waals surface area contributed by atoms with Gasteiger partial charge >= 0.3 is 0 Å². The second-order valence-corrected chi connectivity index (χ2v) is 5.23. The summed E-state index contributed by atoms with van der Waals surface area (Å²) in [5.41, 5.74) is 3.90. The number of hydrogen-bond donors (Lipinski definition) is 4. The maximum absolute atomic E-state index is 12.4. The first kappa shape index (κ1) is 12.2. The quantitative estimate of drug-likeness (QED) is 0.575. The third kappa shape index (κ3) is 2.19. The standard InChI is InChI=1S/C15H15N5O/c21-15(13-6-12-14(7-17-13)19-8-18-12)20-10-1-2-11-9(5-10)3-4-16-11/h1-5,8,13,16-17H,6-7H2,(H,18,19)(H,20,21). The van der Waals surface area contributed by atoms with Crippen molar-refractivity contribution in [2.75, 3.05) is 5.32 Å². The Labute approximate surface area is 121 Å². The van der Waals surface area contributed by atoms with Crippen LogP contribution >= 0.6 is 0 Å². The average Bonchev–Trinajstić information content (AvgIpc) is 3.14. The molecule has 1 aliphatic rings. The van der Waals surface area contributed by atoms with Crippen molar-refractivity contribution >= 4 is 22.5 Å². The number of fused-ring (bicyclic) bond motifs is 2. The molecule has 0 bridgehead atoms. The van der Waals surface area contributed by atoms with Gasteiger partial charge in [-0.3, -0.25) is 10.1 Å². The fraction of sp³-hybridized carbons (Fsp3) is 0.200. The van der Waals surface area contributed by atoms with Crippen LogP contribution in [-0.2, 0) is 17.8 Å². The van der Waals surface area contributed by atoms with Gasteiger partial charge < -0.3 is 15.3 Å². The number of benzene rings is 1. The number of amides is 1. The van der Waals surface area contributed by atoms with Crippen molar-refractivity contribution in [1.29, 1.82) is 0 Å². The van der Waals surface area contributed by atoms with Crippen molar-refractivity contribution in [2.45, 2.75) is 19.0 Å². The Hall–Kier alpha value is -2.60. The molecule has 0 radical (unpaired) electrons. The molecule has 1 unspecified atom stereocenters. The number of aromatic nitrogens is 3. The van der Waals surface area contributed by atoms with Crippen molar-refractivity contribution in [3.63, 3.8) is 0 Å². The van der Waals surface area contributed by atoms with Gasteiger partial charge in [0.2, 0.25) is 5.91 Å². The number of hydrogen-bond acceptors (Lipinski definition) is 3. The lowest BCUT2D eigenvalue weighted by atomic mass is 10.0. The highest BCUT2D eigenvalue weighted by Gasteiger charge is 2.25. The van der Waals surface area contributed by atoms with Gasteiger partial charge in [0.25, 0.3) is 0 Å². The Morgan fingerprint density at radius 1 is 1.29 bits per heavy atom. The number of nitrogens with zero attached hydrogens (tertiary/aromatic N) is 1. The van der Waals surface area contributed by atoms with Crippen LogP contribution < -0.4 is 10.6 Å². The minimum Gasteiger partial charge on any atom is -0.361 e. The van der Waals surface area contributed by atoms with E-state index in [-0.39, 0.29) is 11.9 Å². The Bertz CT molecular complexity index is 803. The molecule has 3 aromatic rings. The van der Waals surface area contributed by atoms with Crippen LogP contribution in [0.2, 0.25) is 0 Å². The number of rotatable bonds is 2. The van der Waals surface area contributed by atoms with Gasteiger partial charge in [-0.25, -0.2) is 4.98 Å². The summed E-state index contributed by atoms with van der Waals surface area (Å²) in [5.74, 6) is -0.0291. The predicted molar refractivity (Wildman–Crippen MR) is 79.8 cm³/mol. The van der Waals surface area contributed by atoms with Crippen LogP contribution in [0.5, 0.6) is 0 Å². The second kappa shape index (κ2) is 4.75. The van der Waals surface area contributed by atoms with Crippen LogP contribution in [0, 0.1) is 0 Å². The number of anilines is 1. The van der Waals surface area contributed by atoms with Crippen LogP contribution in [0.1, 0.15) is 11.4 Å². The van der Waals surface area contributed by atoms with E-state index in [9.17, 15) is 4.79 Å². The van der Waals surface area contributed by atoms with Crippen molar-refractivity contribution in [1.82, 2.24) is 20.3 Å². The van der Waals surface area contributed by atoms with Gasteiger partial charge in [0.15, 0.2) is 0 Å². The molecule has 4 N–H and O–H groups in total. The summed E-state index contributed by atoms with van der Waals surface area (Å²) in [4.78, 5) is 22.8. The van der Waals surface area contributed by atoms with E-state index in [1.807, 2.05) is 30.5 Å². The number of carbonyl (C=O) groups is 1. The van der Waals surface area contributed by atoms with Crippen molar-refractivity contribution in [3.05, 3.63) is 48.2 Å². The third-order valence-electron chi connectivity index (χ3n) is 3.87. The smallest absolute Gasteiger partial charge is 0.241 e. The molecule has 3 heterocycles. The normalized spacial score (nSPS) is 17.6. The highest BCUT2D eigenvalue weighted by molar-refractivity contribution is 5.97. The summed E-state index contributed by atoms with van der Waals surface area (Å²) in [6, 6.07) is 7.57. The molecule has 1 atom stereocenters. The summed E-state index contributed by atoms with van der Waals surface area (Å²) in [6.45, 7) is 0.643. The molecule has 1 aromatic carbocycles. The zero-order chi connectivity index (χ0) is 14.2. The molecule has 106 valence electrons. The Morgan fingerprint density at radius 2 is 2.24 bits per heavy atom. The summed E-state index contributed by atoms with van der Waals surface area (Å²) in [5, 5.41) is 7.27. The van der Waals surface area contributed by atoms with Gasteiger partial charge in [0.1, 0.15) is 0 Å². The molecule has 1 amide bonds. The lowest BCUT2D eigenvalue weighted by molar-refractivity contribution is -0.118.